The van der Waals surface area contributed by atoms with Gasteiger partial charge in [-0.1, -0.05) is 13.8 Å². The molecule has 1 heteroatoms. The Bertz CT molecular complexity index is 154. The molecule has 0 unspecified atom stereocenters. The molecule has 0 atom stereocenters. The van der Waals surface area contributed by atoms with Gasteiger partial charge in [0.25, 0.3) is 0 Å². The molecule has 0 aliphatic heterocycles. The normalized spacial score (nSPS) is 20.4. The molecule has 0 bridgehead atoms. The Morgan fingerprint density at radius 1 is 1.45 bits per heavy atom. The van der Waals surface area contributed by atoms with E-state index in [1.165, 1.54) is 19.3 Å². The Balaban J connectivity index is 2.35. The van der Waals surface area contributed by atoms with Crippen molar-refractivity contribution in [2.45, 2.75) is 46.5 Å². The van der Waals surface area contributed by atoms with Crippen LogP contribution in [-0.4, -0.2) is 5.78 Å². The van der Waals surface area contributed by atoms with E-state index in [4.69, 9.17) is 0 Å². The van der Waals surface area contributed by atoms with Gasteiger partial charge in [-0.25, -0.2) is 0 Å². The summed E-state index contributed by atoms with van der Waals surface area (Å²) in [6.45, 7) is 6.18. The minimum Gasteiger partial charge on any atom is -0.300 e. The Kier molecular flexibility index (Phi) is 2.36. The number of carbonyl (C=O) groups is 1. The van der Waals surface area contributed by atoms with E-state index in [9.17, 15) is 4.79 Å². The van der Waals surface area contributed by atoms with Crippen molar-refractivity contribution in [2.75, 3.05) is 0 Å². The maximum Gasteiger partial charge on any atom is 0.130 e. The van der Waals surface area contributed by atoms with Gasteiger partial charge in [0.05, 0.1) is 0 Å². The summed E-state index contributed by atoms with van der Waals surface area (Å²) in [6.07, 6.45) is 4.63. The molecule has 0 saturated heterocycles. The van der Waals surface area contributed by atoms with E-state index >= 15 is 0 Å². The zero-order valence-corrected chi connectivity index (χ0v) is 7.81. The number of Topliss-reactive ketones (excluding diaryl/α,β-unsaturated/α-hetero) is 1. The van der Waals surface area contributed by atoms with E-state index in [1.54, 1.807) is 6.92 Å². The predicted octanol–water partition coefficient (Wildman–Crippen LogP) is 2.79. The molecule has 0 spiro atoms. The van der Waals surface area contributed by atoms with Gasteiger partial charge < -0.3 is 4.79 Å². The fourth-order valence-electron chi connectivity index (χ4n) is 2.02. The quantitative estimate of drug-likeness (QED) is 0.608. The summed E-state index contributed by atoms with van der Waals surface area (Å²) >= 11 is 0. The van der Waals surface area contributed by atoms with Crippen molar-refractivity contribution in [1.82, 2.24) is 0 Å². The molecule has 0 heterocycles. The summed E-state index contributed by atoms with van der Waals surface area (Å²) in [4.78, 5) is 10.9. The summed E-state index contributed by atoms with van der Waals surface area (Å²) in [6, 6.07) is 0. The van der Waals surface area contributed by atoms with Crippen LogP contribution in [0.1, 0.15) is 46.5 Å². The number of hydrogen-bond donors (Lipinski definition) is 0. The molecule has 0 aromatic carbocycles. The first-order valence-corrected chi connectivity index (χ1v) is 4.53. The van der Waals surface area contributed by atoms with Gasteiger partial charge >= 0.3 is 0 Å². The predicted molar refractivity (Wildman–Crippen MR) is 46.4 cm³/mol. The van der Waals surface area contributed by atoms with Crippen molar-refractivity contribution in [3.63, 3.8) is 0 Å². The first-order valence-electron chi connectivity index (χ1n) is 4.53. The topological polar surface area (TPSA) is 17.1 Å². The van der Waals surface area contributed by atoms with Gasteiger partial charge in [0.15, 0.2) is 0 Å². The van der Waals surface area contributed by atoms with Crippen LogP contribution in [-0.2, 0) is 4.79 Å². The largest absolute Gasteiger partial charge is 0.300 e. The summed E-state index contributed by atoms with van der Waals surface area (Å²) < 4.78 is 0. The zero-order chi connectivity index (χ0) is 8.48. The second kappa shape index (κ2) is 2.96. The third-order valence-electron chi connectivity index (χ3n) is 2.42. The highest BCUT2D eigenvalue weighted by Crippen LogP contribution is 2.53. The third kappa shape index (κ3) is 2.64. The van der Waals surface area contributed by atoms with Gasteiger partial charge in [0.1, 0.15) is 5.78 Å². The number of rotatable bonds is 4. The molecule has 0 radical (unpaired) electrons. The first-order chi connectivity index (χ1) is 5.04. The van der Waals surface area contributed by atoms with Gasteiger partial charge in [0.2, 0.25) is 0 Å². The Morgan fingerprint density at radius 2 is 2.00 bits per heavy atom. The van der Waals surface area contributed by atoms with Crippen molar-refractivity contribution in [2.24, 2.45) is 11.3 Å². The second-order valence-electron chi connectivity index (χ2n) is 4.48. The molecule has 1 fully saturated rings. The van der Waals surface area contributed by atoms with Gasteiger partial charge in [0, 0.05) is 6.42 Å². The lowest BCUT2D eigenvalue weighted by molar-refractivity contribution is -0.118. The van der Waals surface area contributed by atoms with E-state index in [1.807, 2.05) is 0 Å². The smallest absolute Gasteiger partial charge is 0.130 e. The highest BCUT2D eigenvalue weighted by atomic mass is 16.1. The Hall–Kier alpha value is -0.330. The first kappa shape index (κ1) is 8.76. The Labute approximate surface area is 69.2 Å². The van der Waals surface area contributed by atoms with Crippen LogP contribution < -0.4 is 0 Å². The summed E-state index contributed by atoms with van der Waals surface area (Å²) in [7, 11) is 0. The lowest BCUT2D eigenvalue weighted by Gasteiger charge is -2.15. The van der Waals surface area contributed by atoms with Crippen molar-refractivity contribution >= 4 is 5.78 Å². The van der Waals surface area contributed by atoms with Crippen molar-refractivity contribution in [1.29, 1.82) is 0 Å². The molecule has 1 aliphatic rings. The maximum absolute atomic E-state index is 10.9. The van der Waals surface area contributed by atoms with Crippen LogP contribution in [0.25, 0.3) is 0 Å². The standard InChI is InChI=1S/C10H18O/c1-8(2)6-10(4-5-10)7-9(3)11/h8H,4-7H2,1-3H3. The van der Waals surface area contributed by atoms with Gasteiger partial charge in [-0.2, -0.15) is 0 Å². The van der Waals surface area contributed by atoms with Gasteiger partial charge in [-0.3, -0.25) is 0 Å². The van der Waals surface area contributed by atoms with Crippen LogP contribution >= 0.6 is 0 Å². The lowest BCUT2D eigenvalue weighted by Crippen LogP contribution is -2.09. The SMILES string of the molecule is CC(=O)CC1(CC(C)C)CC1. The third-order valence-corrected chi connectivity index (χ3v) is 2.42. The van der Waals surface area contributed by atoms with E-state index < -0.39 is 0 Å². The summed E-state index contributed by atoms with van der Waals surface area (Å²) in [5, 5.41) is 0. The molecule has 0 N–H and O–H groups in total. The van der Waals surface area contributed by atoms with Crippen LogP contribution in [0.3, 0.4) is 0 Å². The number of carbonyl (C=O) groups excluding carboxylic acids is 1. The molecular formula is C10H18O. The maximum atomic E-state index is 10.9. The molecule has 0 aromatic rings. The van der Waals surface area contributed by atoms with E-state index in [0.717, 1.165) is 12.3 Å². The van der Waals surface area contributed by atoms with Crippen LogP contribution in [0.4, 0.5) is 0 Å². The van der Waals surface area contributed by atoms with Crippen molar-refractivity contribution in [3.8, 4) is 0 Å². The van der Waals surface area contributed by atoms with Crippen molar-refractivity contribution in [3.05, 3.63) is 0 Å². The Morgan fingerprint density at radius 3 is 2.27 bits per heavy atom. The minimum atomic E-state index is 0.364. The molecule has 0 amide bonds. The average molecular weight is 154 g/mol. The molecule has 1 aliphatic carbocycles. The molecule has 1 rings (SSSR count). The van der Waals surface area contributed by atoms with Crippen LogP contribution in [0, 0.1) is 11.3 Å². The van der Waals surface area contributed by atoms with Crippen LogP contribution in [0.15, 0.2) is 0 Å². The molecule has 1 nitrogen and oxygen atoms in total. The molecule has 11 heavy (non-hydrogen) atoms. The summed E-state index contributed by atoms with van der Waals surface area (Å²) in [5.41, 5.74) is 0.444. The molecule has 1 saturated carbocycles. The summed E-state index contributed by atoms with van der Waals surface area (Å²) in [5.74, 6) is 1.11. The van der Waals surface area contributed by atoms with E-state index in [0.29, 0.717) is 11.2 Å². The number of hydrogen-bond acceptors (Lipinski definition) is 1. The lowest BCUT2D eigenvalue weighted by atomic mass is 9.90. The average Bonchev–Trinajstić information content (AvgIpc) is 2.43. The molecular weight excluding hydrogens is 136 g/mol. The van der Waals surface area contributed by atoms with E-state index in [-0.39, 0.29) is 0 Å². The molecule has 64 valence electrons. The highest BCUT2D eigenvalue weighted by molar-refractivity contribution is 5.76. The van der Waals surface area contributed by atoms with Crippen molar-refractivity contribution < 1.29 is 4.79 Å². The molecule has 0 aromatic heterocycles. The van der Waals surface area contributed by atoms with E-state index in [2.05, 4.69) is 13.8 Å². The van der Waals surface area contributed by atoms with Gasteiger partial charge in [-0.05, 0) is 37.5 Å². The van der Waals surface area contributed by atoms with Crippen LogP contribution in [0.2, 0.25) is 0 Å². The van der Waals surface area contributed by atoms with Crippen LogP contribution in [0.5, 0.6) is 0 Å². The fourth-order valence-corrected chi connectivity index (χ4v) is 2.02. The monoisotopic (exact) mass is 154 g/mol. The van der Waals surface area contributed by atoms with Gasteiger partial charge in [-0.15, -0.1) is 0 Å². The number of ketones is 1. The second-order valence-corrected chi connectivity index (χ2v) is 4.48. The minimum absolute atomic E-state index is 0.364. The fraction of sp³-hybridized carbons (Fsp3) is 0.900. The highest BCUT2D eigenvalue weighted by Gasteiger charge is 2.43. The zero-order valence-electron chi connectivity index (χ0n) is 7.81.